The van der Waals surface area contributed by atoms with Crippen LogP contribution in [0.4, 0.5) is 0 Å². The molecular formula is C13H17N. The lowest BCUT2D eigenvalue weighted by molar-refractivity contribution is 0.372. The van der Waals surface area contributed by atoms with Crippen LogP contribution in [-0.2, 0) is 0 Å². The molecule has 1 atom stereocenters. The van der Waals surface area contributed by atoms with Crippen molar-refractivity contribution in [3.63, 3.8) is 0 Å². The summed E-state index contributed by atoms with van der Waals surface area (Å²) >= 11 is 0. The van der Waals surface area contributed by atoms with Crippen LogP contribution in [0, 0.1) is 0 Å². The van der Waals surface area contributed by atoms with Crippen molar-refractivity contribution in [1.82, 2.24) is 4.90 Å². The summed E-state index contributed by atoms with van der Waals surface area (Å²) in [6.07, 6.45) is 3.28. The van der Waals surface area contributed by atoms with Crippen LogP contribution in [0.1, 0.15) is 17.9 Å². The topological polar surface area (TPSA) is 3.24 Å². The number of benzene rings is 1. The van der Waals surface area contributed by atoms with Crippen molar-refractivity contribution in [1.29, 1.82) is 0 Å². The highest BCUT2D eigenvalue weighted by Gasteiger charge is 2.22. The van der Waals surface area contributed by atoms with E-state index < -0.39 is 0 Å². The molecule has 0 amide bonds. The first-order valence-corrected chi connectivity index (χ1v) is 5.28. The summed E-state index contributed by atoms with van der Waals surface area (Å²) in [6.45, 7) is 7.22. The first-order chi connectivity index (χ1) is 6.90. The van der Waals surface area contributed by atoms with E-state index in [0.29, 0.717) is 0 Å². The summed E-state index contributed by atoms with van der Waals surface area (Å²) in [4.78, 5) is 2.46. The van der Waals surface area contributed by atoms with Crippen molar-refractivity contribution in [2.24, 2.45) is 0 Å². The number of hydrogen-bond donors (Lipinski definition) is 0. The number of hydrogen-bond acceptors (Lipinski definition) is 1. The molecule has 0 aromatic heterocycles. The summed E-state index contributed by atoms with van der Waals surface area (Å²) in [5, 5.41) is 0. The van der Waals surface area contributed by atoms with Gasteiger partial charge in [0, 0.05) is 13.1 Å². The minimum absolute atomic E-state index is 0.733. The molecule has 74 valence electrons. The van der Waals surface area contributed by atoms with E-state index in [1.165, 1.54) is 25.1 Å². The molecule has 0 aliphatic carbocycles. The Balaban J connectivity index is 1.99. The standard InChI is InChI=1S/C13H17N/c1-2-9-14-10-8-13(11-14)12-6-4-3-5-7-12/h2-7,13H,1,8-11H2/t13-/m0/s1. The maximum atomic E-state index is 3.78. The molecule has 1 nitrogen and oxygen atoms in total. The zero-order valence-electron chi connectivity index (χ0n) is 8.52. The Morgan fingerprint density at radius 1 is 1.36 bits per heavy atom. The molecule has 2 rings (SSSR count). The van der Waals surface area contributed by atoms with E-state index in [1.807, 2.05) is 6.08 Å². The second-order valence-electron chi connectivity index (χ2n) is 3.94. The van der Waals surface area contributed by atoms with E-state index in [9.17, 15) is 0 Å². The van der Waals surface area contributed by atoms with Gasteiger partial charge in [-0.1, -0.05) is 36.4 Å². The van der Waals surface area contributed by atoms with Crippen molar-refractivity contribution >= 4 is 0 Å². The lowest BCUT2D eigenvalue weighted by Crippen LogP contribution is -2.19. The molecule has 0 radical (unpaired) electrons. The Kier molecular flexibility index (Phi) is 3.00. The van der Waals surface area contributed by atoms with E-state index in [-0.39, 0.29) is 0 Å². The summed E-state index contributed by atoms with van der Waals surface area (Å²) in [6, 6.07) is 10.8. The summed E-state index contributed by atoms with van der Waals surface area (Å²) in [7, 11) is 0. The van der Waals surface area contributed by atoms with E-state index in [0.717, 1.165) is 12.5 Å². The fourth-order valence-electron chi connectivity index (χ4n) is 2.18. The molecule has 0 saturated carbocycles. The molecule has 1 saturated heterocycles. The van der Waals surface area contributed by atoms with Gasteiger partial charge in [-0.05, 0) is 24.4 Å². The summed E-state index contributed by atoms with van der Waals surface area (Å²) in [5.41, 5.74) is 1.49. The highest BCUT2D eigenvalue weighted by molar-refractivity contribution is 5.21. The van der Waals surface area contributed by atoms with Crippen molar-refractivity contribution in [3.8, 4) is 0 Å². The van der Waals surface area contributed by atoms with E-state index in [1.54, 1.807) is 0 Å². The van der Waals surface area contributed by atoms with Gasteiger partial charge in [0.15, 0.2) is 0 Å². The Hall–Kier alpha value is -1.08. The maximum absolute atomic E-state index is 3.78. The van der Waals surface area contributed by atoms with Crippen LogP contribution < -0.4 is 0 Å². The van der Waals surface area contributed by atoms with E-state index >= 15 is 0 Å². The summed E-state index contributed by atoms with van der Waals surface area (Å²) in [5.74, 6) is 0.733. The zero-order chi connectivity index (χ0) is 9.80. The third-order valence-electron chi connectivity index (χ3n) is 2.93. The molecule has 0 bridgehead atoms. The fraction of sp³-hybridized carbons (Fsp3) is 0.385. The van der Waals surface area contributed by atoms with Crippen LogP contribution >= 0.6 is 0 Å². The molecule has 14 heavy (non-hydrogen) atoms. The molecule has 0 unspecified atom stereocenters. The van der Waals surface area contributed by atoms with Gasteiger partial charge >= 0.3 is 0 Å². The van der Waals surface area contributed by atoms with Gasteiger partial charge in [0.2, 0.25) is 0 Å². The van der Waals surface area contributed by atoms with Gasteiger partial charge in [-0.2, -0.15) is 0 Å². The quantitative estimate of drug-likeness (QED) is 0.658. The molecule has 1 aromatic rings. The maximum Gasteiger partial charge on any atom is 0.0160 e. The number of nitrogens with zero attached hydrogens (tertiary/aromatic N) is 1. The van der Waals surface area contributed by atoms with Gasteiger partial charge in [-0.15, -0.1) is 6.58 Å². The highest BCUT2D eigenvalue weighted by atomic mass is 15.1. The van der Waals surface area contributed by atoms with Crippen molar-refractivity contribution < 1.29 is 0 Å². The average molecular weight is 187 g/mol. The third-order valence-corrected chi connectivity index (χ3v) is 2.93. The van der Waals surface area contributed by atoms with Crippen LogP contribution in [0.15, 0.2) is 43.0 Å². The van der Waals surface area contributed by atoms with Crippen LogP contribution in [0.2, 0.25) is 0 Å². The largest absolute Gasteiger partial charge is 0.299 e. The number of rotatable bonds is 3. The second kappa shape index (κ2) is 4.43. The highest BCUT2D eigenvalue weighted by Crippen LogP contribution is 2.26. The molecule has 1 aliphatic heterocycles. The Bertz CT molecular complexity index is 291. The monoisotopic (exact) mass is 187 g/mol. The van der Waals surface area contributed by atoms with Gasteiger partial charge in [-0.25, -0.2) is 0 Å². The molecule has 1 heterocycles. The molecule has 1 heteroatoms. The van der Waals surface area contributed by atoms with Gasteiger partial charge in [0.1, 0.15) is 0 Å². The molecule has 0 spiro atoms. The SMILES string of the molecule is C=CCN1CC[C@H](c2ccccc2)C1. The van der Waals surface area contributed by atoms with Crippen LogP contribution in [0.3, 0.4) is 0 Å². The Morgan fingerprint density at radius 3 is 2.86 bits per heavy atom. The molecular weight excluding hydrogens is 170 g/mol. The van der Waals surface area contributed by atoms with Gasteiger partial charge < -0.3 is 0 Å². The molecule has 0 N–H and O–H groups in total. The van der Waals surface area contributed by atoms with Crippen LogP contribution in [0.5, 0.6) is 0 Å². The minimum atomic E-state index is 0.733. The lowest BCUT2D eigenvalue weighted by Gasteiger charge is -2.13. The van der Waals surface area contributed by atoms with E-state index in [2.05, 4.69) is 41.8 Å². The molecule has 1 fully saturated rings. The predicted molar refractivity (Wildman–Crippen MR) is 60.4 cm³/mol. The van der Waals surface area contributed by atoms with E-state index in [4.69, 9.17) is 0 Å². The van der Waals surface area contributed by atoms with Crippen molar-refractivity contribution in [2.45, 2.75) is 12.3 Å². The third kappa shape index (κ3) is 2.05. The smallest absolute Gasteiger partial charge is 0.0160 e. The minimum Gasteiger partial charge on any atom is -0.299 e. The summed E-state index contributed by atoms with van der Waals surface area (Å²) < 4.78 is 0. The first-order valence-electron chi connectivity index (χ1n) is 5.28. The predicted octanol–water partition coefficient (Wildman–Crippen LogP) is 2.66. The van der Waals surface area contributed by atoms with Crippen molar-refractivity contribution in [3.05, 3.63) is 48.6 Å². The van der Waals surface area contributed by atoms with Gasteiger partial charge in [-0.3, -0.25) is 4.90 Å². The normalized spacial score (nSPS) is 22.4. The number of likely N-dealkylation sites (tertiary alicyclic amines) is 1. The van der Waals surface area contributed by atoms with Gasteiger partial charge in [0.25, 0.3) is 0 Å². The van der Waals surface area contributed by atoms with Crippen molar-refractivity contribution in [2.75, 3.05) is 19.6 Å². The zero-order valence-corrected chi connectivity index (χ0v) is 8.52. The van der Waals surface area contributed by atoms with Crippen LogP contribution in [0.25, 0.3) is 0 Å². The average Bonchev–Trinajstić information content (AvgIpc) is 2.68. The first kappa shape index (κ1) is 9.47. The lowest BCUT2D eigenvalue weighted by atomic mass is 9.99. The Morgan fingerprint density at radius 2 is 2.14 bits per heavy atom. The van der Waals surface area contributed by atoms with Gasteiger partial charge in [0.05, 0.1) is 0 Å². The van der Waals surface area contributed by atoms with Crippen LogP contribution in [-0.4, -0.2) is 24.5 Å². The second-order valence-corrected chi connectivity index (χ2v) is 3.94. The molecule has 1 aliphatic rings. The Labute approximate surface area is 86.1 Å². The fourth-order valence-corrected chi connectivity index (χ4v) is 2.18. The molecule has 1 aromatic carbocycles.